The third-order valence-corrected chi connectivity index (χ3v) is 12.6. The van der Waals surface area contributed by atoms with Crippen LogP contribution in [0.25, 0.3) is 109 Å². The van der Waals surface area contributed by atoms with Crippen LogP contribution in [0.1, 0.15) is 0 Å². The van der Waals surface area contributed by atoms with Gasteiger partial charge in [-0.1, -0.05) is 133 Å². The van der Waals surface area contributed by atoms with E-state index < -0.39 is 0 Å². The van der Waals surface area contributed by atoms with Gasteiger partial charge in [-0.2, -0.15) is 0 Å². The van der Waals surface area contributed by atoms with Crippen LogP contribution in [0.3, 0.4) is 0 Å². The molecule has 12 rings (SSSR count). The molecule has 0 unspecified atom stereocenters. The molecule has 0 fully saturated rings. The molecule has 0 saturated carbocycles. The van der Waals surface area contributed by atoms with Crippen molar-refractivity contribution < 1.29 is 0 Å². The Hall–Kier alpha value is -7.27. The molecule has 0 aliphatic rings. The van der Waals surface area contributed by atoms with Crippen molar-refractivity contribution in [3.8, 4) is 45.0 Å². The lowest BCUT2D eigenvalue weighted by molar-refractivity contribution is 1.09. The summed E-state index contributed by atoms with van der Waals surface area (Å²) in [4.78, 5) is 5.46. The molecule has 0 aliphatic heterocycles. The second kappa shape index (κ2) is 12.6. The standard InChI is InChI=1S/C53H33N3S/c1-3-14-34(15-4-1)37-30-38(35-16-5-2-6-17-35)32-39(31-37)55-47-23-11-8-20-43(47)52-48(55)28-27-42-40-18-7-10-22-46(40)56(53(42)52)51-25-13-21-45(54-51)36-26-29-50-44(33-36)41-19-9-12-24-49(41)57-50/h1-33H. The van der Waals surface area contributed by atoms with E-state index in [2.05, 4.69) is 209 Å². The van der Waals surface area contributed by atoms with Gasteiger partial charge in [-0.15, -0.1) is 11.3 Å². The molecule has 3 nitrogen and oxygen atoms in total. The summed E-state index contributed by atoms with van der Waals surface area (Å²) in [6, 6.07) is 72.5. The largest absolute Gasteiger partial charge is 0.309 e. The predicted molar refractivity (Wildman–Crippen MR) is 242 cm³/mol. The number of hydrogen-bond donors (Lipinski definition) is 0. The number of benzene rings is 8. The van der Waals surface area contributed by atoms with E-state index in [1.54, 1.807) is 0 Å². The van der Waals surface area contributed by atoms with Gasteiger partial charge in [0.1, 0.15) is 5.82 Å². The van der Waals surface area contributed by atoms with Crippen LogP contribution in [-0.4, -0.2) is 14.1 Å². The van der Waals surface area contributed by atoms with Gasteiger partial charge in [-0.3, -0.25) is 4.57 Å². The summed E-state index contributed by atoms with van der Waals surface area (Å²) >= 11 is 1.84. The van der Waals surface area contributed by atoms with Crippen LogP contribution >= 0.6 is 11.3 Å². The predicted octanol–water partition coefficient (Wildman–Crippen LogP) is 14.6. The lowest BCUT2D eigenvalue weighted by atomic mass is 9.98. The number of para-hydroxylation sites is 2. The SMILES string of the molecule is c1ccc(-c2cc(-c3ccccc3)cc(-n3c4ccccc4c4c3ccc3c5ccccc5n(-c5cccc(-c6ccc7sc8ccccc8c7c6)n5)c34)c2)cc1. The first-order valence-corrected chi connectivity index (χ1v) is 20.2. The maximum Gasteiger partial charge on any atom is 0.138 e. The van der Waals surface area contributed by atoms with Crippen molar-refractivity contribution in [3.63, 3.8) is 0 Å². The Morgan fingerprint density at radius 1 is 0.351 bits per heavy atom. The third-order valence-electron chi connectivity index (χ3n) is 11.5. The molecule has 4 heteroatoms. The molecule has 57 heavy (non-hydrogen) atoms. The van der Waals surface area contributed by atoms with Crippen molar-refractivity contribution in [2.24, 2.45) is 0 Å². The Bertz CT molecular complexity index is 3460. The van der Waals surface area contributed by atoms with E-state index in [0.29, 0.717) is 0 Å². The first-order valence-electron chi connectivity index (χ1n) is 19.4. The van der Waals surface area contributed by atoms with E-state index in [0.717, 1.165) is 39.3 Å². The van der Waals surface area contributed by atoms with Gasteiger partial charge in [-0.05, 0) is 89.0 Å². The van der Waals surface area contributed by atoms with Crippen molar-refractivity contribution in [1.29, 1.82) is 0 Å². The van der Waals surface area contributed by atoms with Crippen LogP contribution < -0.4 is 0 Å². The van der Waals surface area contributed by atoms with Gasteiger partial charge >= 0.3 is 0 Å². The van der Waals surface area contributed by atoms with Gasteiger partial charge in [0, 0.05) is 53.0 Å². The van der Waals surface area contributed by atoms with Crippen molar-refractivity contribution in [3.05, 3.63) is 200 Å². The highest BCUT2D eigenvalue weighted by Crippen LogP contribution is 2.43. The summed E-state index contributed by atoms with van der Waals surface area (Å²) in [6.45, 7) is 0. The van der Waals surface area contributed by atoms with Crippen molar-refractivity contribution >= 4 is 75.1 Å². The molecule has 0 saturated heterocycles. The number of rotatable bonds is 5. The van der Waals surface area contributed by atoms with Crippen molar-refractivity contribution in [1.82, 2.24) is 14.1 Å². The second-order valence-corrected chi connectivity index (χ2v) is 15.8. The highest BCUT2D eigenvalue weighted by Gasteiger charge is 2.22. The number of aromatic nitrogens is 3. The smallest absolute Gasteiger partial charge is 0.138 e. The second-order valence-electron chi connectivity index (χ2n) is 14.8. The van der Waals surface area contributed by atoms with Crippen molar-refractivity contribution in [2.45, 2.75) is 0 Å². The van der Waals surface area contributed by atoms with E-state index in [-0.39, 0.29) is 0 Å². The fourth-order valence-corrected chi connectivity index (χ4v) is 10.0. The quantitative estimate of drug-likeness (QED) is 0.172. The monoisotopic (exact) mass is 743 g/mol. The van der Waals surface area contributed by atoms with E-state index in [4.69, 9.17) is 4.98 Å². The summed E-state index contributed by atoms with van der Waals surface area (Å²) in [7, 11) is 0. The van der Waals surface area contributed by atoms with E-state index in [9.17, 15) is 0 Å². The molecule has 0 N–H and O–H groups in total. The normalized spacial score (nSPS) is 11.9. The minimum Gasteiger partial charge on any atom is -0.309 e. The summed E-state index contributed by atoms with van der Waals surface area (Å²) in [5, 5.41) is 7.41. The number of hydrogen-bond acceptors (Lipinski definition) is 2. The fraction of sp³-hybridized carbons (Fsp3) is 0. The zero-order valence-electron chi connectivity index (χ0n) is 30.8. The zero-order chi connectivity index (χ0) is 37.5. The van der Waals surface area contributed by atoms with Gasteiger partial charge in [0.05, 0.1) is 27.8 Å². The zero-order valence-corrected chi connectivity index (χ0v) is 31.6. The Kier molecular flexibility index (Phi) is 7.10. The fourth-order valence-electron chi connectivity index (χ4n) is 8.95. The molecule has 0 spiro atoms. The number of nitrogens with zero attached hydrogens (tertiary/aromatic N) is 3. The number of pyridine rings is 1. The van der Waals surface area contributed by atoms with Gasteiger partial charge in [0.25, 0.3) is 0 Å². The molecule has 4 aromatic heterocycles. The average Bonchev–Trinajstić information content (AvgIpc) is 3.94. The molecule has 0 atom stereocenters. The van der Waals surface area contributed by atoms with Crippen LogP contribution in [0.4, 0.5) is 0 Å². The highest BCUT2D eigenvalue weighted by atomic mass is 32.1. The number of thiophene rings is 1. The molecule has 4 heterocycles. The Morgan fingerprint density at radius 3 is 1.74 bits per heavy atom. The lowest BCUT2D eigenvalue weighted by Gasteiger charge is -2.14. The molecule has 8 aromatic carbocycles. The van der Waals surface area contributed by atoms with Gasteiger partial charge in [-0.25, -0.2) is 4.98 Å². The van der Waals surface area contributed by atoms with E-state index in [1.165, 1.54) is 69.5 Å². The average molecular weight is 744 g/mol. The van der Waals surface area contributed by atoms with Crippen LogP contribution in [0.2, 0.25) is 0 Å². The van der Waals surface area contributed by atoms with Gasteiger partial charge in [0.2, 0.25) is 0 Å². The van der Waals surface area contributed by atoms with Crippen LogP contribution in [0, 0.1) is 0 Å². The molecular weight excluding hydrogens is 711 g/mol. The molecule has 0 bridgehead atoms. The molecule has 0 radical (unpaired) electrons. The Balaban J connectivity index is 1.13. The van der Waals surface area contributed by atoms with Crippen LogP contribution in [0.5, 0.6) is 0 Å². The lowest BCUT2D eigenvalue weighted by Crippen LogP contribution is -1.99. The Morgan fingerprint density at radius 2 is 0.982 bits per heavy atom. The topological polar surface area (TPSA) is 22.8 Å². The molecule has 12 aromatic rings. The highest BCUT2D eigenvalue weighted by molar-refractivity contribution is 7.25. The molecule has 0 amide bonds. The summed E-state index contributed by atoms with van der Waals surface area (Å²) in [5.41, 5.74) is 12.6. The number of fused-ring (bicyclic) bond motifs is 10. The van der Waals surface area contributed by atoms with Gasteiger partial charge < -0.3 is 4.57 Å². The summed E-state index contributed by atoms with van der Waals surface area (Å²) < 4.78 is 7.45. The van der Waals surface area contributed by atoms with Crippen LogP contribution in [0.15, 0.2) is 200 Å². The summed E-state index contributed by atoms with van der Waals surface area (Å²) in [6.07, 6.45) is 0. The van der Waals surface area contributed by atoms with Crippen molar-refractivity contribution in [2.75, 3.05) is 0 Å². The third kappa shape index (κ3) is 5.01. The van der Waals surface area contributed by atoms with E-state index in [1.807, 2.05) is 11.3 Å². The first kappa shape index (κ1) is 32.0. The maximum atomic E-state index is 5.46. The summed E-state index contributed by atoms with van der Waals surface area (Å²) in [5.74, 6) is 0.899. The molecule has 0 aliphatic carbocycles. The van der Waals surface area contributed by atoms with Crippen LogP contribution in [-0.2, 0) is 0 Å². The Labute approximate surface area is 333 Å². The minimum absolute atomic E-state index is 0.899. The van der Waals surface area contributed by atoms with Gasteiger partial charge in [0.15, 0.2) is 0 Å². The first-order chi connectivity index (χ1) is 28.3. The minimum atomic E-state index is 0.899. The molecule has 266 valence electrons. The molecular formula is C53H33N3S. The van der Waals surface area contributed by atoms with E-state index >= 15 is 0 Å². The maximum absolute atomic E-state index is 5.46.